The highest BCUT2D eigenvalue weighted by molar-refractivity contribution is 5.66. The molecule has 0 aliphatic rings. The van der Waals surface area contributed by atoms with Crippen molar-refractivity contribution in [3.8, 4) is 0 Å². The lowest BCUT2D eigenvalue weighted by molar-refractivity contribution is -0.306. The molecule has 1 aromatic carbocycles. The molecule has 70 valence electrons. The van der Waals surface area contributed by atoms with Crippen molar-refractivity contribution in [1.82, 2.24) is 0 Å². The third-order valence-corrected chi connectivity index (χ3v) is 2.14. The molecule has 0 bridgehead atoms. The van der Waals surface area contributed by atoms with Crippen molar-refractivity contribution in [3.05, 3.63) is 35.9 Å². The van der Waals surface area contributed by atoms with Crippen molar-refractivity contribution in [2.45, 2.75) is 25.7 Å². The van der Waals surface area contributed by atoms with E-state index in [1.165, 1.54) is 0 Å². The summed E-state index contributed by atoms with van der Waals surface area (Å²) in [6, 6.07) is 9.60. The van der Waals surface area contributed by atoms with E-state index in [1.807, 2.05) is 44.2 Å². The summed E-state index contributed by atoms with van der Waals surface area (Å²) >= 11 is 0. The van der Waals surface area contributed by atoms with Gasteiger partial charge in [-0.25, -0.2) is 0 Å². The Morgan fingerprint density at radius 3 is 2.31 bits per heavy atom. The highest BCUT2D eigenvalue weighted by Gasteiger charge is 2.19. The molecule has 13 heavy (non-hydrogen) atoms. The highest BCUT2D eigenvalue weighted by atomic mass is 16.4. The second-order valence-corrected chi connectivity index (χ2v) is 3.80. The molecule has 0 heterocycles. The van der Waals surface area contributed by atoms with E-state index in [-0.39, 0.29) is 11.8 Å². The first-order valence-corrected chi connectivity index (χ1v) is 4.28. The average molecular weight is 177 g/mol. The Bertz CT molecular complexity index is 288. The van der Waals surface area contributed by atoms with Gasteiger partial charge in [-0.05, 0) is 17.4 Å². The van der Waals surface area contributed by atoms with Gasteiger partial charge in [-0.3, -0.25) is 0 Å². The van der Waals surface area contributed by atoms with Gasteiger partial charge in [-0.2, -0.15) is 0 Å². The molecule has 0 saturated carbocycles. The van der Waals surface area contributed by atoms with Crippen molar-refractivity contribution in [1.29, 1.82) is 0 Å². The SMILES string of the molecule is CC(C)(CC(=O)[O-])c1ccccc1. The van der Waals surface area contributed by atoms with Crippen molar-refractivity contribution in [2.75, 3.05) is 0 Å². The Morgan fingerprint density at radius 2 is 1.85 bits per heavy atom. The van der Waals surface area contributed by atoms with Gasteiger partial charge >= 0.3 is 0 Å². The maximum absolute atomic E-state index is 10.5. The monoisotopic (exact) mass is 177 g/mol. The fourth-order valence-electron chi connectivity index (χ4n) is 1.35. The summed E-state index contributed by atoms with van der Waals surface area (Å²) < 4.78 is 0. The fraction of sp³-hybridized carbons (Fsp3) is 0.364. The van der Waals surface area contributed by atoms with Crippen LogP contribution in [0.1, 0.15) is 25.8 Å². The fourth-order valence-corrected chi connectivity index (χ4v) is 1.35. The van der Waals surface area contributed by atoms with Crippen LogP contribution in [0.4, 0.5) is 0 Å². The molecule has 0 amide bonds. The first kappa shape index (κ1) is 9.78. The molecular weight excluding hydrogens is 164 g/mol. The lowest BCUT2D eigenvalue weighted by Gasteiger charge is -2.25. The number of benzene rings is 1. The molecule has 0 aliphatic carbocycles. The lowest BCUT2D eigenvalue weighted by atomic mass is 9.82. The molecule has 1 aromatic rings. The minimum atomic E-state index is -1.01. The predicted octanol–water partition coefficient (Wildman–Crippen LogP) is 1.10. The van der Waals surface area contributed by atoms with Gasteiger partial charge in [0, 0.05) is 5.97 Å². The molecule has 0 atom stereocenters. The van der Waals surface area contributed by atoms with Crippen molar-refractivity contribution < 1.29 is 9.90 Å². The zero-order valence-electron chi connectivity index (χ0n) is 7.91. The number of hydrogen-bond donors (Lipinski definition) is 0. The van der Waals surface area contributed by atoms with Gasteiger partial charge in [0.1, 0.15) is 0 Å². The minimum absolute atomic E-state index is 0.0526. The van der Waals surface area contributed by atoms with Gasteiger partial charge in [0.05, 0.1) is 0 Å². The van der Waals surface area contributed by atoms with E-state index < -0.39 is 5.97 Å². The van der Waals surface area contributed by atoms with Gasteiger partial charge in [0.15, 0.2) is 0 Å². The number of carboxylic acids is 1. The molecule has 0 fully saturated rings. The Morgan fingerprint density at radius 1 is 1.31 bits per heavy atom. The number of aliphatic carboxylic acids is 1. The highest BCUT2D eigenvalue weighted by Crippen LogP contribution is 2.25. The first-order chi connectivity index (χ1) is 6.02. The molecule has 2 nitrogen and oxygen atoms in total. The molecule has 0 saturated heterocycles. The quantitative estimate of drug-likeness (QED) is 0.693. The molecule has 0 aromatic heterocycles. The van der Waals surface area contributed by atoms with Gasteiger partial charge < -0.3 is 9.90 Å². The zero-order valence-corrected chi connectivity index (χ0v) is 7.91. The van der Waals surface area contributed by atoms with E-state index in [1.54, 1.807) is 0 Å². The Kier molecular flexibility index (Phi) is 2.71. The number of rotatable bonds is 3. The van der Waals surface area contributed by atoms with Crippen LogP contribution in [0.25, 0.3) is 0 Å². The largest absolute Gasteiger partial charge is 0.550 e. The third-order valence-electron chi connectivity index (χ3n) is 2.14. The summed E-state index contributed by atoms with van der Waals surface area (Å²) in [5, 5.41) is 10.5. The molecule has 0 unspecified atom stereocenters. The predicted molar refractivity (Wildman–Crippen MR) is 49.1 cm³/mol. The van der Waals surface area contributed by atoms with Crippen molar-refractivity contribution in [2.24, 2.45) is 0 Å². The second kappa shape index (κ2) is 3.60. The summed E-state index contributed by atoms with van der Waals surface area (Å²) in [7, 11) is 0. The normalized spacial score (nSPS) is 11.2. The van der Waals surface area contributed by atoms with E-state index in [0.29, 0.717) is 0 Å². The van der Waals surface area contributed by atoms with Crippen molar-refractivity contribution in [3.63, 3.8) is 0 Å². The second-order valence-electron chi connectivity index (χ2n) is 3.80. The van der Waals surface area contributed by atoms with Gasteiger partial charge in [0.25, 0.3) is 0 Å². The van der Waals surface area contributed by atoms with Crippen LogP contribution in [0.5, 0.6) is 0 Å². The van der Waals surface area contributed by atoms with Crippen LogP contribution < -0.4 is 5.11 Å². The summed E-state index contributed by atoms with van der Waals surface area (Å²) in [5.41, 5.74) is 0.680. The van der Waals surface area contributed by atoms with E-state index in [9.17, 15) is 9.90 Å². The molecular formula is C11H13O2-. The zero-order chi connectivity index (χ0) is 9.90. The first-order valence-electron chi connectivity index (χ1n) is 4.28. The molecule has 0 radical (unpaired) electrons. The molecule has 1 rings (SSSR count). The number of hydrogen-bond acceptors (Lipinski definition) is 2. The Hall–Kier alpha value is -1.31. The van der Waals surface area contributed by atoms with Crippen LogP contribution in [0.15, 0.2) is 30.3 Å². The Balaban J connectivity index is 2.87. The van der Waals surface area contributed by atoms with Gasteiger partial charge in [0.2, 0.25) is 0 Å². The van der Waals surface area contributed by atoms with Crippen LogP contribution in [-0.2, 0) is 10.2 Å². The van der Waals surface area contributed by atoms with Crippen LogP contribution in [0.2, 0.25) is 0 Å². The summed E-state index contributed by atoms with van der Waals surface area (Å²) in [6.07, 6.45) is 0.0526. The van der Waals surface area contributed by atoms with E-state index in [4.69, 9.17) is 0 Å². The molecule has 0 spiro atoms. The minimum Gasteiger partial charge on any atom is -0.550 e. The topological polar surface area (TPSA) is 40.1 Å². The van der Waals surface area contributed by atoms with E-state index >= 15 is 0 Å². The van der Waals surface area contributed by atoms with E-state index in [2.05, 4.69) is 0 Å². The van der Waals surface area contributed by atoms with E-state index in [0.717, 1.165) is 5.56 Å². The van der Waals surface area contributed by atoms with Crippen LogP contribution >= 0.6 is 0 Å². The third kappa shape index (κ3) is 2.58. The molecule has 0 N–H and O–H groups in total. The summed E-state index contributed by atoms with van der Waals surface area (Å²) in [6.45, 7) is 3.80. The lowest BCUT2D eigenvalue weighted by Crippen LogP contribution is -2.31. The van der Waals surface area contributed by atoms with Gasteiger partial charge in [-0.15, -0.1) is 0 Å². The molecule has 0 aliphatic heterocycles. The Labute approximate surface area is 78.2 Å². The van der Waals surface area contributed by atoms with Crippen LogP contribution in [-0.4, -0.2) is 5.97 Å². The van der Waals surface area contributed by atoms with Crippen LogP contribution in [0.3, 0.4) is 0 Å². The molecule has 2 heteroatoms. The maximum Gasteiger partial charge on any atom is 0.0422 e. The standard InChI is InChI=1S/C11H14O2/c1-11(2,8-10(12)13)9-6-4-3-5-7-9/h3-7H,8H2,1-2H3,(H,12,13)/p-1. The average Bonchev–Trinajstić information content (AvgIpc) is 2.04. The van der Waals surface area contributed by atoms with Crippen molar-refractivity contribution >= 4 is 5.97 Å². The summed E-state index contributed by atoms with van der Waals surface area (Å²) in [5.74, 6) is -1.01. The number of carbonyl (C=O) groups is 1. The number of carbonyl (C=O) groups excluding carboxylic acids is 1. The number of carboxylic acid groups (broad SMARTS) is 1. The van der Waals surface area contributed by atoms with Gasteiger partial charge in [-0.1, -0.05) is 44.2 Å². The summed E-state index contributed by atoms with van der Waals surface area (Å²) in [4.78, 5) is 10.5. The smallest absolute Gasteiger partial charge is 0.0422 e. The maximum atomic E-state index is 10.5. The van der Waals surface area contributed by atoms with Crippen LogP contribution in [0, 0.1) is 0 Å².